The minimum Gasteiger partial charge on any atom is -0.481 e. The Morgan fingerprint density at radius 2 is 1.83 bits per heavy atom. The number of rotatable bonds is 6. The van der Waals surface area contributed by atoms with Crippen LogP contribution in [0.3, 0.4) is 0 Å². The second kappa shape index (κ2) is 7.13. The Morgan fingerprint density at radius 1 is 1.28 bits per heavy atom. The van der Waals surface area contributed by atoms with Gasteiger partial charge in [-0.2, -0.15) is 0 Å². The van der Waals surface area contributed by atoms with Crippen LogP contribution in [-0.4, -0.2) is 35.6 Å². The fourth-order valence-corrected chi connectivity index (χ4v) is 3.12. The molecule has 1 fully saturated rings. The third-order valence-electron chi connectivity index (χ3n) is 4.53. The highest BCUT2D eigenvalue weighted by atomic mass is 16.4. The van der Waals surface area contributed by atoms with Crippen LogP contribution in [0.2, 0.25) is 0 Å². The van der Waals surface area contributed by atoms with Crippen molar-refractivity contribution >= 4 is 5.97 Å². The number of carboxylic acid groups (broad SMARTS) is 1. The molecule has 1 rings (SSSR count). The van der Waals surface area contributed by atoms with Crippen LogP contribution >= 0.6 is 0 Å². The van der Waals surface area contributed by atoms with Gasteiger partial charge in [-0.25, -0.2) is 0 Å². The molecule has 0 saturated heterocycles. The summed E-state index contributed by atoms with van der Waals surface area (Å²) in [7, 11) is 2.08. The van der Waals surface area contributed by atoms with Crippen molar-refractivity contribution in [1.29, 1.82) is 0 Å². The van der Waals surface area contributed by atoms with E-state index in [1.54, 1.807) is 0 Å². The highest BCUT2D eigenvalue weighted by Gasteiger charge is 2.39. The first-order chi connectivity index (χ1) is 8.52. The first-order valence-electron chi connectivity index (χ1n) is 7.45. The van der Waals surface area contributed by atoms with E-state index in [0.717, 1.165) is 38.5 Å². The molecule has 1 N–H and O–H groups in total. The van der Waals surface area contributed by atoms with Crippen LogP contribution in [0.25, 0.3) is 0 Å². The number of carbonyl (C=O) groups is 1. The zero-order valence-electron chi connectivity index (χ0n) is 12.2. The van der Waals surface area contributed by atoms with Gasteiger partial charge in [0.2, 0.25) is 0 Å². The number of hydrogen-bond acceptors (Lipinski definition) is 2. The molecule has 0 aromatic rings. The van der Waals surface area contributed by atoms with Crippen molar-refractivity contribution < 1.29 is 9.90 Å². The van der Waals surface area contributed by atoms with Gasteiger partial charge in [-0.1, -0.05) is 39.0 Å². The molecule has 18 heavy (non-hydrogen) atoms. The van der Waals surface area contributed by atoms with E-state index in [0.29, 0.717) is 12.6 Å². The second-order valence-corrected chi connectivity index (χ2v) is 6.05. The van der Waals surface area contributed by atoms with E-state index in [4.69, 9.17) is 0 Å². The van der Waals surface area contributed by atoms with Gasteiger partial charge in [-0.3, -0.25) is 4.79 Å². The molecule has 1 aliphatic carbocycles. The zero-order chi connectivity index (χ0) is 13.6. The summed E-state index contributed by atoms with van der Waals surface area (Å²) < 4.78 is 0. The lowest BCUT2D eigenvalue weighted by molar-refractivity contribution is -0.151. The van der Waals surface area contributed by atoms with Gasteiger partial charge in [0, 0.05) is 12.6 Å². The summed E-state index contributed by atoms with van der Waals surface area (Å²) in [6, 6.07) is 0.481. The molecular formula is C15H29NO2. The highest BCUT2D eigenvalue weighted by Crippen LogP contribution is 2.36. The fourth-order valence-electron chi connectivity index (χ4n) is 3.12. The molecule has 0 spiro atoms. The van der Waals surface area contributed by atoms with Crippen LogP contribution < -0.4 is 0 Å². The number of carboxylic acids is 1. The maximum Gasteiger partial charge on any atom is 0.310 e. The summed E-state index contributed by atoms with van der Waals surface area (Å²) in [5, 5.41) is 9.65. The standard InChI is InChI=1S/C15H29NO2/c1-4-9-13(2)16(3)12-15(14(17)18)10-7-5-6-8-11-15/h13H,4-12H2,1-3H3,(H,17,18). The van der Waals surface area contributed by atoms with E-state index in [1.165, 1.54) is 12.8 Å². The summed E-state index contributed by atoms with van der Waals surface area (Å²) in [6.07, 6.45) is 8.55. The van der Waals surface area contributed by atoms with E-state index in [9.17, 15) is 9.90 Å². The van der Waals surface area contributed by atoms with Gasteiger partial charge in [0.15, 0.2) is 0 Å². The third kappa shape index (κ3) is 3.98. The van der Waals surface area contributed by atoms with Crippen LogP contribution in [0.1, 0.15) is 65.2 Å². The lowest BCUT2D eigenvalue weighted by Crippen LogP contribution is -2.44. The van der Waals surface area contributed by atoms with Crippen LogP contribution in [0.5, 0.6) is 0 Å². The van der Waals surface area contributed by atoms with Gasteiger partial charge in [-0.15, -0.1) is 0 Å². The summed E-state index contributed by atoms with van der Waals surface area (Å²) >= 11 is 0. The van der Waals surface area contributed by atoms with Gasteiger partial charge in [0.25, 0.3) is 0 Å². The van der Waals surface area contributed by atoms with Crippen LogP contribution in [-0.2, 0) is 4.79 Å². The predicted molar refractivity (Wildman–Crippen MR) is 74.8 cm³/mol. The summed E-state index contributed by atoms with van der Waals surface area (Å²) in [4.78, 5) is 14.0. The van der Waals surface area contributed by atoms with E-state index in [-0.39, 0.29) is 0 Å². The molecule has 1 unspecified atom stereocenters. The molecule has 0 aromatic carbocycles. The number of nitrogens with zero attached hydrogens (tertiary/aromatic N) is 1. The molecule has 0 aromatic heterocycles. The van der Waals surface area contributed by atoms with E-state index in [2.05, 4.69) is 25.8 Å². The summed E-state index contributed by atoms with van der Waals surface area (Å²) in [5.74, 6) is -0.583. The lowest BCUT2D eigenvalue weighted by atomic mass is 9.79. The third-order valence-corrected chi connectivity index (χ3v) is 4.53. The summed E-state index contributed by atoms with van der Waals surface area (Å²) in [6.45, 7) is 5.10. The number of hydrogen-bond donors (Lipinski definition) is 1. The monoisotopic (exact) mass is 255 g/mol. The molecule has 3 nitrogen and oxygen atoms in total. The highest BCUT2D eigenvalue weighted by molar-refractivity contribution is 5.75. The molecular weight excluding hydrogens is 226 g/mol. The molecule has 3 heteroatoms. The Kier molecular flexibility index (Phi) is 6.13. The van der Waals surface area contributed by atoms with Crippen LogP contribution in [0, 0.1) is 5.41 Å². The van der Waals surface area contributed by atoms with E-state index in [1.807, 2.05) is 0 Å². The van der Waals surface area contributed by atoms with Gasteiger partial charge in [0.05, 0.1) is 5.41 Å². The maximum atomic E-state index is 11.7. The first kappa shape index (κ1) is 15.5. The first-order valence-corrected chi connectivity index (χ1v) is 7.45. The molecule has 0 aliphatic heterocycles. The van der Waals surface area contributed by atoms with Crippen molar-refractivity contribution in [2.45, 2.75) is 71.3 Å². The topological polar surface area (TPSA) is 40.5 Å². The Balaban J connectivity index is 2.69. The van der Waals surface area contributed by atoms with Crippen molar-refractivity contribution in [1.82, 2.24) is 4.90 Å². The fraction of sp³-hybridized carbons (Fsp3) is 0.933. The molecule has 1 aliphatic rings. The van der Waals surface area contributed by atoms with Crippen molar-refractivity contribution in [2.24, 2.45) is 5.41 Å². The number of aliphatic carboxylic acids is 1. The van der Waals surface area contributed by atoms with Crippen LogP contribution in [0.15, 0.2) is 0 Å². The van der Waals surface area contributed by atoms with Crippen molar-refractivity contribution in [3.05, 3.63) is 0 Å². The predicted octanol–water partition coefficient (Wildman–Crippen LogP) is 3.53. The molecule has 0 heterocycles. The van der Waals surface area contributed by atoms with Gasteiger partial charge < -0.3 is 10.0 Å². The largest absolute Gasteiger partial charge is 0.481 e. The van der Waals surface area contributed by atoms with Crippen molar-refractivity contribution in [3.63, 3.8) is 0 Å². The zero-order valence-corrected chi connectivity index (χ0v) is 12.2. The average molecular weight is 255 g/mol. The average Bonchev–Trinajstić information content (AvgIpc) is 2.56. The second-order valence-electron chi connectivity index (χ2n) is 6.05. The summed E-state index contributed by atoms with van der Waals surface area (Å²) in [5.41, 5.74) is -0.493. The van der Waals surface area contributed by atoms with Crippen LogP contribution in [0.4, 0.5) is 0 Å². The van der Waals surface area contributed by atoms with E-state index < -0.39 is 11.4 Å². The van der Waals surface area contributed by atoms with Gasteiger partial charge >= 0.3 is 5.97 Å². The molecule has 0 amide bonds. The van der Waals surface area contributed by atoms with Gasteiger partial charge in [0.1, 0.15) is 0 Å². The van der Waals surface area contributed by atoms with E-state index >= 15 is 0 Å². The van der Waals surface area contributed by atoms with Crippen molar-refractivity contribution in [2.75, 3.05) is 13.6 Å². The van der Waals surface area contributed by atoms with Gasteiger partial charge in [-0.05, 0) is 33.2 Å². The molecule has 1 saturated carbocycles. The molecule has 106 valence electrons. The Hall–Kier alpha value is -0.570. The van der Waals surface area contributed by atoms with Crippen molar-refractivity contribution in [3.8, 4) is 0 Å². The Bertz CT molecular complexity index is 257. The SMILES string of the molecule is CCCC(C)N(C)CC1(C(=O)O)CCCCCC1. The Morgan fingerprint density at radius 3 is 2.28 bits per heavy atom. The lowest BCUT2D eigenvalue weighted by Gasteiger charge is -2.35. The molecule has 0 radical (unpaired) electrons. The minimum atomic E-state index is -0.583. The minimum absolute atomic E-state index is 0.481. The smallest absolute Gasteiger partial charge is 0.310 e. The Labute approximate surface area is 112 Å². The quantitative estimate of drug-likeness (QED) is 0.738. The molecule has 1 atom stereocenters. The normalized spacial score (nSPS) is 21.6. The molecule has 0 bridgehead atoms. The maximum absolute atomic E-state index is 11.7.